The molecule has 2 rings (SSSR count). The number of aryl methyl sites for hydroxylation is 2. The van der Waals surface area contributed by atoms with E-state index in [-0.39, 0.29) is 31.1 Å². The fraction of sp³-hybridized carbons (Fsp3) is 0.667. The summed E-state index contributed by atoms with van der Waals surface area (Å²) in [5.74, 6) is -0.854. The second-order valence-corrected chi connectivity index (χ2v) is 5.44. The molecular formula is C12H15ClF3N3O. The number of hydrogen-bond acceptors (Lipinski definition) is 3. The molecule has 1 aliphatic rings. The largest absolute Gasteiger partial charge is 0.402 e. The number of nitrogens with zero attached hydrogens (tertiary/aromatic N) is 2. The fourth-order valence-corrected chi connectivity index (χ4v) is 2.78. The lowest BCUT2D eigenvalue weighted by molar-refractivity contribution is -0.214. The van der Waals surface area contributed by atoms with Crippen LogP contribution in [0.25, 0.3) is 0 Å². The van der Waals surface area contributed by atoms with Gasteiger partial charge in [0, 0.05) is 25.6 Å². The average Bonchev–Trinajstić information content (AvgIpc) is 2.91. The molecule has 1 fully saturated rings. The van der Waals surface area contributed by atoms with Gasteiger partial charge >= 0.3 is 6.18 Å². The van der Waals surface area contributed by atoms with Crippen LogP contribution in [0.5, 0.6) is 0 Å². The fourth-order valence-electron chi connectivity index (χ4n) is 2.53. The molecule has 8 heteroatoms. The van der Waals surface area contributed by atoms with Crippen LogP contribution in [0, 0.1) is 12.3 Å². The maximum Gasteiger partial charge on any atom is 0.402 e. The number of Topliss-reactive ketones (excluding diaryl/α,β-unsaturated/α-hetero) is 1. The third-order valence-electron chi connectivity index (χ3n) is 3.84. The topological polar surface area (TPSA) is 46.9 Å². The minimum atomic E-state index is -4.56. The molecule has 4 nitrogen and oxygen atoms in total. The van der Waals surface area contributed by atoms with Gasteiger partial charge in [-0.1, -0.05) is 11.6 Å². The van der Waals surface area contributed by atoms with E-state index in [4.69, 9.17) is 11.6 Å². The number of aromatic nitrogens is 2. The average molecular weight is 310 g/mol. The molecule has 0 aliphatic carbocycles. The Kier molecular flexibility index (Phi) is 3.85. The molecule has 1 aliphatic heterocycles. The van der Waals surface area contributed by atoms with Gasteiger partial charge in [-0.15, -0.1) is 0 Å². The summed E-state index contributed by atoms with van der Waals surface area (Å²) >= 11 is 5.98. The quantitative estimate of drug-likeness (QED) is 0.929. The molecule has 0 saturated carbocycles. The maximum absolute atomic E-state index is 13.3. The zero-order valence-electron chi connectivity index (χ0n) is 11.1. The van der Waals surface area contributed by atoms with Crippen molar-refractivity contribution in [3.63, 3.8) is 0 Å². The molecule has 112 valence electrons. The Morgan fingerprint density at radius 1 is 1.55 bits per heavy atom. The first-order valence-electron chi connectivity index (χ1n) is 6.18. The van der Waals surface area contributed by atoms with Crippen LogP contribution in [0.1, 0.15) is 17.7 Å². The first-order valence-corrected chi connectivity index (χ1v) is 6.55. The number of ketones is 1. The summed E-state index contributed by atoms with van der Waals surface area (Å²) < 4.78 is 41.1. The highest BCUT2D eigenvalue weighted by atomic mass is 35.5. The molecule has 1 atom stereocenters. The minimum absolute atomic E-state index is 0.186. The summed E-state index contributed by atoms with van der Waals surface area (Å²) in [6.07, 6.45) is -5.14. The predicted molar refractivity (Wildman–Crippen MR) is 67.6 cm³/mol. The summed E-state index contributed by atoms with van der Waals surface area (Å²) in [6.45, 7) is 1.44. The minimum Gasteiger partial charge on any atom is -0.315 e. The molecule has 1 N–H and O–H groups in total. The third kappa shape index (κ3) is 2.33. The van der Waals surface area contributed by atoms with Crippen molar-refractivity contribution in [2.75, 3.05) is 13.1 Å². The van der Waals surface area contributed by atoms with E-state index >= 15 is 0 Å². The zero-order valence-corrected chi connectivity index (χ0v) is 11.9. The molecule has 0 aromatic carbocycles. The van der Waals surface area contributed by atoms with Crippen LogP contribution in [-0.4, -0.2) is 34.8 Å². The lowest BCUT2D eigenvalue weighted by Crippen LogP contribution is -2.47. The molecule has 0 spiro atoms. The van der Waals surface area contributed by atoms with Gasteiger partial charge in [-0.2, -0.15) is 18.3 Å². The lowest BCUT2D eigenvalue weighted by atomic mass is 9.79. The van der Waals surface area contributed by atoms with E-state index in [2.05, 4.69) is 10.4 Å². The summed E-state index contributed by atoms with van der Waals surface area (Å²) in [4.78, 5) is 12.2. The van der Waals surface area contributed by atoms with Crippen molar-refractivity contribution in [3.8, 4) is 0 Å². The van der Waals surface area contributed by atoms with Crippen LogP contribution in [0.2, 0.25) is 5.15 Å². The van der Waals surface area contributed by atoms with Crippen LogP contribution in [0.3, 0.4) is 0 Å². The summed E-state index contributed by atoms with van der Waals surface area (Å²) in [5, 5.41) is 6.84. The molecule has 0 amide bonds. The Labute approximate surface area is 119 Å². The SMILES string of the molecule is Cc1nn(C)c(Cl)c1CC(=O)C1(C(F)(F)F)CCNC1. The second kappa shape index (κ2) is 5.04. The van der Waals surface area contributed by atoms with Crippen molar-refractivity contribution in [3.05, 3.63) is 16.4 Å². The van der Waals surface area contributed by atoms with Gasteiger partial charge in [0.1, 0.15) is 10.6 Å². The smallest absolute Gasteiger partial charge is 0.315 e. The van der Waals surface area contributed by atoms with Crippen molar-refractivity contribution >= 4 is 17.4 Å². The van der Waals surface area contributed by atoms with Gasteiger partial charge in [-0.05, 0) is 19.9 Å². The summed E-state index contributed by atoms with van der Waals surface area (Å²) in [5.41, 5.74) is -1.46. The van der Waals surface area contributed by atoms with E-state index < -0.39 is 17.4 Å². The highest BCUT2D eigenvalue weighted by Gasteiger charge is 2.60. The molecule has 1 saturated heterocycles. The third-order valence-corrected chi connectivity index (χ3v) is 4.31. The number of nitrogens with one attached hydrogen (secondary N) is 1. The number of rotatable bonds is 3. The molecule has 2 heterocycles. The Morgan fingerprint density at radius 3 is 2.60 bits per heavy atom. The van der Waals surface area contributed by atoms with Crippen molar-refractivity contribution in [1.82, 2.24) is 15.1 Å². The molecule has 1 aromatic heterocycles. The van der Waals surface area contributed by atoms with Gasteiger partial charge in [0.2, 0.25) is 0 Å². The van der Waals surface area contributed by atoms with E-state index in [1.807, 2.05) is 0 Å². The van der Waals surface area contributed by atoms with Crippen LogP contribution >= 0.6 is 11.6 Å². The van der Waals surface area contributed by atoms with Gasteiger partial charge in [-0.25, -0.2) is 0 Å². The number of hydrogen-bond donors (Lipinski definition) is 1. The Bertz CT molecular complexity index is 533. The molecule has 0 radical (unpaired) electrons. The molecule has 1 unspecified atom stereocenters. The number of carbonyl (C=O) groups excluding carboxylic acids is 1. The van der Waals surface area contributed by atoms with Crippen molar-refractivity contribution in [2.45, 2.75) is 25.9 Å². The van der Waals surface area contributed by atoms with Gasteiger partial charge in [0.15, 0.2) is 5.78 Å². The number of halogens is 4. The highest BCUT2D eigenvalue weighted by Crippen LogP contribution is 2.44. The predicted octanol–water partition coefficient (Wildman–Crippen LogP) is 2.04. The van der Waals surface area contributed by atoms with Gasteiger partial charge in [0.25, 0.3) is 0 Å². The molecule has 20 heavy (non-hydrogen) atoms. The maximum atomic E-state index is 13.3. The normalized spacial score (nSPS) is 23.3. The van der Waals surface area contributed by atoms with Gasteiger partial charge < -0.3 is 5.32 Å². The van der Waals surface area contributed by atoms with Crippen LogP contribution in [-0.2, 0) is 18.3 Å². The van der Waals surface area contributed by atoms with Gasteiger partial charge in [-0.3, -0.25) is 9.48 Å². The van der Waals surface area contributed by atoms with E-state index in [1.54, 1.807) is 14.0 Å². The van der Waals surface area contributed by atoms with Crippen LogP contribution in [0.15, 0.2) is 0 Å². The van der Waals surface area contributed by atoms with Crippen molar-refractivity contribution in [2.24, 2.45) is 12.5 Å². The van der Waals surface area contributed by atoms with E-state index in [0.29, 0.717) is 11.3 Å². The molecule has 0 bridgehead atoms. The Balaban J connectivity index is 2.31. The Hall–Kier alpha value is -1.08. The van der Waals surface area contributed by atoms with E-state index in [1.165, 1.54) is 4.68 Å². The van der Waals surface area contributed by atoms with E-state index in [9.17, 15) is 18.0 Å². The molecule has 1 aromatic rings. The summed E-state index contributed by atoms with van der Waals surface area (Å²) in [6, 6.07) is 0. The van der Waals surface area contributed by atoms with Gasteiger partial charge in [0.05, 0.1) is 5.69 Å². The number of alkyl halides is 3. The monoisotopic (exact) mass is 309 g/mol. The standard InChI is InChI=1S/C12H15ClF3N3O/c1-7-8(10(13)19(2)18-7)5-9(20)11(12(14,15)16)3-4-17-6-11/h17H,3-6H2,1-2H3. The lowest BCUT2D eigenvalue weighted by Gasteiger charge is -2.29. The molecular weight excluding hydrogens is 295 g/mol. The van der Waals surface area contributed by atoms with Crippen molar-refractivity contribution < 1.29 is 18.0 Å². The Morgan fingerprint density at radius 2 is 2.20 bits per heavy atom. The number of carbonyl (C=O) groups is 1. The van der Waals surface area contributed by atoms with Crippen LogP contribution < -0.4 is 5.32 Å². The van der Waals surface area contributed by atoms with E-state index in [0.717, 1.165) is 0 Å². The van der Waals surface area contributed by atoms with Crippen molar-refractivity contribution in [1.29, 1.82) is 0 Å². The first kappa shape index (κ1) is 15.3. The first-order chi connectivity index (χ1) is 9.19. The summed E-state index contributed by atoms with van der Waals surface area (Å²) in [7, 11) is 1.58. The second-order valence-electron chi connectivity index (χ2n) is 5.08. The zero-order chi connectivity index (χ0) is 15.1. The van der Waals surface area contributed by atoms with Crippen LogP contribution in [0.4, 0.5) is 13.2 Å². The highest BCUT2D eigenvalue weighted by molar-refractivity contribution is 6.30.